The van der Waals surface area contributed by atoms with E-state index in [1.54, 1.807) is 0 Å². The molecule has 3 heteroatoms. The summed E-state index contributed by atoms with van der Waals surface area (Å²) in [4.78, 5) is 12.2. The summed E-state index contributed by atoms with van der Waals surface area (Å²) >= 11 is 0. The molecule has 104 valence electrons. The molecule has 18 heavy (non-hydrogen) atoms. The predicted molar refractivity (Wildman–Crippen MR) is 74.1 cm³/mol. The van der Waals surface area contributed by atoms with Gasteiger partial charge in [0.15, 0.2) is 0 Å². The van der Waals surface area contributed by atoms with E-state index in [1.807, 2.05) is 6.92 Å². The zero-order chi connectivity index (χ0) is 13.0. The molecule has 0 radical (unpaired) electrons. The summed E-state index contributed by atoms with van der Waals surface area (Å²) in [6, 6.07) is 0.0485. The highest BCUT2D eigenvalue weighted by Gasteiger charge is 2.42. The third kappa shape index (κ3) is 3.05. The molecule has 2 rings (SSSR count). The molecule has 3 N–H and O–H groups in total. The van der Waals surface area contributed by atoms with Gasteiger partial charge in [-0.3, -0.25) is 4.79 Å². The van der Waals surface area contributed by atoms with Crippen LogP contribution in [0.2, 0.25) is 0 Å². The molecule has 1 amide bonds. The average molecular weight is 252 g/mol. The second-order valence-electron chi connectivity index (χ2n) is 6.46. The van der Waals surface area contributed by atoms with E-state index >= 15 is 0 Å². The number of carbonyl (C=O) groups excluding carboxylic acids is 1. The van der Waals surface area contributed by atoms with E-state index in [0.29, 0.717) is 0 Å². The zero-order valence-electron chi connectivity index (χ0n) is 11.7. The smallest absolute Gasteiger partial charge is 0.227 e. The number of amides is 1. The van der Waals surface area contributed by atoms with Crippen LogP contribution in [0, 0.1) is 11.3 Å². The van der Waals surface area contributed by atoms with Crippen LogP contribution in [0.3, 0.4) is 0 Å². The van der Waals surface area contributed by atoms with Crippen LogP contribution in [-0.2, 0) is 4.79 Å². The number of carbonyl (C=O) groups is 1. The molecule has 0 aromatic carbocycles. The monoisotopic (exact) mass is 252 g/mol. The molecule has 0 spiro atoms. The average Bonchev–Trinajstić information content (AvgIpc) is 2.97. The second-order valence-corrected chi connectivity index (χ2v) is 6.46. The van der Waals surface area contributed by atoms with Crippen LogP contribution in [-0.4, -0.2) is 18.5 Å². The van der Waals surface area contributed by atoms with E-state index in [-0.39, 0.29) is 17.4 Å². The van der Waals surface area contributed by atoms with Gasteiger partial charge in [-0.15, -0.1) is 0 Å². The van der Waals surface area contributed by atoms with Gasteiger partial charge in [-0.2, -0.15) is 0 Å². The number of hydrogen-bond donors (Lipinski definition) is 2. The van der Waals surface area contributed by atoms with Gasteiger partial charge in [0.25, 0.3) is 0 Å². The summed E-state index contributed by atoms with van der Waals surface area (Å²) < 4.78 is 0. The van der Waals surface area contributed by atoms with Crippen molar-refractivity contribution in [2.24, 2.45) is 17.1 Å². The van der Waals surface area contributed by atoms with Crippen LogP contribution in [0.15, 0.2) is 0 Å². The van der Waals surface area contributed by atoms with Crippen molar-refractivity contribution < 1.29 is 4.79 Å². The highest BCUT2D eigenvalue weighted by Crippen LogP contribution is 2.36. The van der Waals surface area contributed by atoms with Crippen molar-refractivity contribution in [1.82, 2.24) is 5.32 Å². The van der Waals surface area contributed by atoms with Crippen molar-refractivity contribution in [3.8, 4) is 0 Å². The molecule has 0 bridgehead atoms. The van der Waals surface area contributed by atoms with E-state index in [0.717, 1.165) is 38.1 Å². The molecule has 0 saturated heterocycles. The maximum absolute atomic E-state index is 12.2. The van der Waals surface area contributed by atoms with E-state index in [1.165, 1.54) is 32.1 Å². The summed E-state index contributed by atoms with van der Waals surface area (Å²) in [5.74, 6) is 1.10. The summed E-state index contributed by atoms with van der Waals surface area (Å²) in [7, 11) is 0. The Bertz CT molecular complexity index is 286. The molecule has 2 aliphatic rings. The van der Waals surface area contributed by atoms with Crippen molar-refractivity contribution in [2.45, 2.75) is 70.8 Å². The molecule has 2 unspecified atom stereocenters. The quantitative estimate of drug-likeness (QED) is 0.739. The van der Waals surface area contributed by atoms with Crippen LogP contribution >= 0.6 is 0 Å². The minimum Gasteiger partial charge on any atom is -0.356 e. The Morgan fingerprint density at radius 1 is 1.28 bits per heavy atom. The molecule has 0 aromatic rings. The Labute approximate surface area is 111 Å². The van der Waals surface area contributed by atoms with Crippen molar-refractivity contribution in [1.29, 1.82) is 0 Å². The van der Waals surface area contributed by atoms with Gasteiger partial charge in [-0.05, 0) is 38.5 Å². The standard InChI is InChI=1S/C15H28N2O/c1-15(10-4-9-13(15)16)14(18)17-11-5-8-12-6-2-3-7-12/h12-13H,2-11,16H2,1H3,(H,17,18). The topological polar surface area (TPSA) is 55.1 Å². The molecule has 2 fully saturated rings. The van der Waals surface area contributed by atoms with Gasteiger partial charge in [0.2, 0.25) is 5.91 Å². The molecule has 3 nitrogen and oxygen atoms in total. The molecule has 2 aliphatic carbocycles. The Balaban J connectivity index is 1.65. The van der Waals surface area contributed by atoms with E-state index in [2.05, 4.69) is 5.32 Å². The Kier molecular flexibility index (Phi) is 4.66. The third-order valence-electron chi connectivity index (χ3n) is 5.10. The van der Waals surface area contributed by atoms with Crippen molar-refractivity contribution in [2.75, 3.05) is 6.54 Å². The maximum atomic E-state index is 12.2. The van der Waals surface area contributed by atoms with Crippen LogP contribution in [0.25, 0.3) is 0 Å². The lowest BCUT2D eigenvalue weighted by molar-refractivity contribution is -0.130. The lowest BCUT2D eigenvalue weighted by Gasteiger charge is -2.27. The minimum absolute atomic E-state index is 0.0485. The van der Waals surface area contributed by atoms with Gasteiger partial charge in [0.1, 0.15) is 0 Å². The molecule has 2 atom stereocenters. The lowest BCUT2D eigenvalue weighted by Crippen LogP contribution is -2.47. The Hall–Kier alpha value is -0.570. The first-order chi connectivity index (χ1) is 8.63. The fraction of sp³-hybridized carbons (Fsp3) is 0.933. The van der Waals surface area contributed by atoms with Gasteiger partial charge < -0.3 is 11.1 Å². The second kappa shape index (κ2) is 6.05. The first-order valence-electron chi connectivity index (χ1n) is 7.67. The molecular weight excluding hydrogens is 224 g/mol. The fourth-order valence-electron chi connectivity index (χ4n) is 3.57. The van der Waals surface area contributed by atoms with Crippen molar-refractivity contribution >= 4 is 5.91 Å². The highest BCUT2D eigenvalue weighted by atomic mass is 16.2. The maximum Gasteiger partial charge on any atom is 0.227 e. The van der Waals surface area contributed by atoms with Gasteiger partial charge >= 0.3 is 0 Å². The van der Waals surface area contributed by atoms with Crippen molar-refractivity contribution in [3.63, 3.8) is 0 Å². The first kappa shape index (κ1) is 13.9. The van der Waals surface area contributed by atoms with Crippen LogP contribution in [0.5, 0.6) is 0 Å². The van der Waals surface area contributed by atoms with Gasteiger partial charge in [-0.1, -0.05) is 32.1 Å². The van der Waals surface area contributed by atoms with Crippen LogP contribution < -0.4 is 11.1 Å². The van der Waals surface area contributed by atoms with E-state index < -0.39 is 0 Å². The Morgan fingerprint density at radius 2 is 2.00 bits per heavy atom. The van der Waals surface area contributed by atoms with Gasteiger partial charge in [-0.25, -0.2) is 0 Å². The van der Waals surface area contributed by atoms with E-state index in [4.69, 9.17) is 5.73 Å². The number of nitrogens with one attached hydrogen (secondary N) is 1. The summed E-state index contributed by atoms with van der Waals surface area (Å²) in [5.41, 5.74) is 5.74. The number of rotatable bonds is 5. The van der Waals surface area contributed by atoms with Gasteiger partial charge in [0.05, 0.1) is 5.41 Å². The normalized spacial score (nSPS) is 32.9. The Morgan fingerprint density at radius 3 is 2.61 bits per heavy atom. The minimum atomic E-state index is -0.312. The van der Waals surface area contributed by atoms with Gasteiger partial charge in [0, 0.05) is 12.6 Å². The molecular formula is C15H28N2O. The molecule has 2 saturated carbocycles. The summed E-state index contributed by atoms with van der Waals surface area (Å²) in [6.07, 6.45) is 11.0. The molecule has 0 aromatic heterocycles. The summed E-state index contributed by atoms with van der Waals surface area (Å²) in [6.45, 7) is 2.86. The predicted octanol–water partition coefficient (Wildman–Crippen LogP) is 2.59. The van der Waals surface area contributed by atoms with Crippen LogP contribution in [0.1, 0.15) is 64.7 Å². The third-order valence-corrected chi connectivity index (χ3v) is 5.10. The first-order valence-corrected chi connectivity index (χ1v) is 7.67. The van der Waals surface area contributed by atoms with E-state index in [9.17, 15) is 4.79 Å². The number of nitrogens with two attached hydrogens (primary N) is 1. The fourth-order valence-corrected chi connectivity index (χ4v) is 3.57. The molecule has 0 heterocycles. The number of hydrogen-bond acceptors (Lipinski definition) is 2. The zero-order valence-corrected chi connectivity index (χ0v) is 11.7. The molecule has 0 aliphatic heterocycles. The largest absolute Gasteiger partial charge is 0.356 e. The SMILES string of the molecule is CC1(C(=O)NCCCC2CCCC2)CCCC1N. The van der Waals surface area contributed by atoms with Crippen molar-refractivity contribution in [3.05, 3.63) is 0 Å². The highest BCUT2D eigenvalue weighted by molar-refractivity contribution is 5.83. The summed E-state index contributed by atoms with van der Waals surface area (Å²) in [5, 5.41) is 3.10. The van der Waals surface area contributed by atoms with Crippen LogP contribution in [0.4, 0.5) is 0 Å². The lowest BCUT2D eigenvalue weighted by atomic mass is 9.84.